The van der Waals surface area contributed by atoms with E-state index in [0.29, 0.717) is 0 Å². The van der Waals surface area contributed by atoms with E-state index in [1.165, 1.54) is 17.6 Å². The molecule has 0 bridgehead atoms. The molecule has 0 spiro atoms. The van der Waals surface area contributed by atoms with Gasteiger partial charge in [-0.2, -0.15) is 0 Å². The summed E-state index contributed by atoms with van der Waals surface area (Å²) in [5, 5.41) is 31.1. The first-order valence-corrected chi connectivity index (χ1v) is 5.88. The van der Waals surface area contributed by atoms with E-state index in [2.05, 4.69) is 15.3 Å². The number of nitrogens with zero attached hydrogens (tertiary/aromatic N) is 3. The van der Waals surface area contributed by atoms with Crippen LogP contribution < -0.4 is 5.32 Å². The van der Waals surface area contributed by atoms with Crippen LogP contribution in [0.4, 0.5) is 0 Å². The Kier molecular flexibility index (Phi) is 2.97. The first kappa shape index (κ1) is 12.5. The minimum atomic E-state index is -1.21. The lowest BCUT2D eigenvalue weighted by molar-refractivity contribution is -0.124. The molecular formula is C10H14N4O5. The highest BCUT2D eigenvalue weighted by Gasteiger charge is 2.50. The standard InChI is InChI=1S/C10H14N4O5/c15-1-4-6(16)7(17)10(19-4)14-3-13-5-8(14)11-2-12-9(5)18/h2-8,10,15-17H,1H2,(H,11,12,18)/t4-,5?,6+,7?,8?,10-/m0/s1. The maximum absolute atomic E-state index is 11.6. The number of aliphatic imine (C=N–C) groups is 2. The number of fused-ring (bicyclic) bond motifs is 1. The number of carbonyl (C=O) groups excluding carboxylic acids is 1. The molecule has 0 aliphatic carbocycles. The van der Waals surface area contributed by atoms with Gasteiger partial charge in [-0.15, -0.1) is 0 Å². The zero-order valence-corrected chi connectivity index (χ0v) is 9.83. The van der Waals surface area contributed by atoms with Crippen molar-refractivity contribution in [1.29, 1.82) is 0 Å². The van der Waals surface area contributed by atoms with Crippen LogP contribution in [0.2, 0.25) is 0 Å². The summed E-state index contributed by atoms with van der Waals surface area (Å²) in [5.41, 5.74) is 0. The van der Waals surface area contributed by atoms with Crippen molar-refractivity contribution in [3.8, 4) is 0 Å². The van der Waals surface area contributed by atoms with E-state index in [-0.39, 0.29) is 5.91 Å². The average Bonchev–Trinajstić information content (AvgIpc) is 2.94. The first-order chi connectivity index (χ1) is 9.13. The number of nitrogens with one attached hydrogen (secondary N) is 1. The van der Waals surface area contributed by atoms with E-state index >= 15 is 0 Å². The number of ether oxygens (including phenoxy) is 1. The number of carbonyl (C=O) groups is 1. The van der Waals surface area contributed by atoms with Crippen LogP contribution in [0, 0.1) is 0 Å². The molecule has 104 valence electrons. The highest BCUT2D eigenvalue weighted by molar-refractivity contribution is 5.96. The summed E-state index contributed by atoms with van der Waals surface area (Å²) in [6.07, 6.45) is -2.11. The fourth-order valence-electron chi connectivity index (χ4n) is 2.42. The summed E-state index contributed by atoms with van der Waals surface area (Å²) in [4.78, 5) is 21.1. The molecule has 9 nitrogen and oxygen atoms in total. The van der Waals surface area contributed by atoms with Gasteiger partial charge >= 0.3 is 0 Å². The van der Waals surface area contributed by atoms with E-state index < -0.39 is 43.4 Å². The largest absolute Gasteiger partial charge is 0.394 e. The molecule has 3 aliphatic heterocycles. The Balaban J connectivity index is 1.81. The third-order valence-electron chi connectivity index (χ3n) is 3.46. The van der Waals surface area contributed by atoms with E-state index in [0.717, 1.165) is 0 Å². The van der Waals surface area contributed by atoms with Crippen LogP contribution in [0.5, 0.6) is 0 Å². The Hall–Kier alpha value is -1.55. The smallest absolute Gasteiger partial charge is 0.254 e. The Morgan fingerprint density at radius 3 is 2.84 bits per heavy atom. The number of amides is 1. The Morgan fingerprint density at radius 1 is 1.37 bits per heavy atom. The fourth-order valence-corrected chi connectivity index (χ4v) is 2.42. The van der Waals surface area contributed by atoms with Gasteiger partial charge in [0, 0.05) is 0 Å². The lowest BCUT2D eigenvalue weighted by Gasteiger charge is -2.31. The van der Waals surface area contributed by atoms with E-state index in [1.807, 2.05) is 0 Å². The van der Waals surface area contributed by atoms with Gasteiger partial charge in [0.05, 0.1) is 19.3 Å². The maximum Gasteiger partial charge on any atom is 0.254 e. The maximum atomic E-state index is 11.6. The van der Waals surface area contributed by atoms with Crippen LogP contribution in [0.3, 0.4) is 0 Å². The number of hydrogen-bond acceptors (Lipinski definition) is 8. The Morgan fingerprint density at radius 2 is 2.16 bits per heavy atom. The molecule has 3 heterocycles. The van der Waals surface area contributed by atoms with Gasteiger partial charge in [-0.1, -0.05) is 0 Å². The molecule has 1 fully saturated rings. The predicted molar refractivity (Wildman–Crippen MR) is 62.3 cm³/mol. The van der Waals surface area contributed by atoms with Crippen molar-refractivity contribution >= 4 is 18.6 Å². The van der Waals surface area contributed by atoms with Gasteiger partial charge in [-0.3, -0.25) is 9.79 Å². The Labute approximate surface area is 108 Å². The fraction of sp³-hybridized carbons (Fsp3) is 0.700. The molecule has 0 aromatic heterocycles. The van der Waals surface area contributed by atoms with E-state index in [9.17, 15) is 15.0 Å². The van der Waals surface area contributed by atoms with Gasteiger partial charge in [-0.25, -0.2) is 4.99 Å². The molecule has 0 aromatic carbocycles. The number of rotatable bonds is 2. The molecule has 9 heteroatoms. The van der Waals surface area contributed by atoms with Crippen LogP contribution in [0.25, 0.3) is 0 Å². The molecule has 19 heavy (non-hydrogen) atoms. The second kappa shape index (κ2) is 4.53. The van der Waals surface area contributed by atoms with Crippen molar-refractivity contribution in [2.24, 2.45) is 9.98 Å². The average molecular weight is 270 g/mol. The van der Waals surface area contributed by atoms with Crippen LogP contribution >= 0.6 is 0 Å². The first-order valence-electron chi connectivity index (χ1n) is 5.88. The highest BCUT2D eigenvalue weighted by Crippen LogP contribution is 2.29. The monoisotopic (exact) mass is 270 g/mol. The van der Waals surface area contributed by atoms with Gasteiger partial charge < -0.3 is 30.3 Å². The summed E-state index contributed by atoms with van der Waals surface area (Å²) in [6, 6.07) is -0.689. The van der Waals surface area contributed by atoms with Crippen molar-refractivity contribution in [3.05, 3.63) is 0 Å². The number of aliphatic hydroxyl groups excluding tert-OH is 3. The van der Waals surface area contributed by atoms with Gasteiger partial charge in [-0.05, 0) is 0 Å². The quantitative estimate of drug-likeness (QED) is 0.414. The second-order valence-corrected chi connectivity index (χ2v) is 4.59. The summed E-state index contributed by atoms with van der Waals surface area (Å²) < 4.78 is 5.38. The van der Waals surface area contributed by atoms with Gasteiger partial charge in [0.15, 0.2) is 18.4 Å². The molecule has 6 atom stereocenters. The zero-order chi connectivity index (χ0) is 13.6. The third kappa shape index (κ3) is 1.82. The minimum Gasteiger partial charge on any atom is -0.394 e. The molecular weight excluding hydrogens is 256 g/mol. The van der Waals surface area contributed by atoms with Crippen molar-refractivity contribution in [2.45, 2.75) is 36.7 Å². The van der Waals surface area contributed by atoms with Gasteiger partial charge in [0.1, 0.15) is 18.3 Å². The summed E-state index contributed by atoms with van der Waals surface area (Å²) in [5.74, 6) is -0.287. The van der Waals surface area contributed by atoms with Gasteiger partial charge in [0.25, 0.3) is 5.91 Å². The van der Waals surface area contributed by atoms with Gasteiger partial charge in [0.2, 0.25) is 0 Å². The van der Waals surface area contributed by atoms with Crippen molar-refractivity contribution < 1.29 is 24.9 Å². The normalized spacial score (nSPS) is 44.6. The summed E-state index contributed by atoms with van der Waals surface area (Å²) in [7, 11) is 0. The van der Waals surface area contributed by atoms with Crippen molar-refractivity contribution in [1.82, 2.24) is 10.2 Å². The summed E-state index contributed by atoms with van der Waals surface area (Å²) in [6.45, 7) is -0.405. The highest BCUT2D eigenvalue weighted by atomic mass is 16.6. The molecule has 1 amide bonds. The lowest BCUT2D eigenvalue weighted by Crippen LogP contribution is -2.53. The molecule has 3 unspecified atom stereocenters. The molecule has 0 aromatic rings. The van der Waals surface area contributed by atoms with E-state index in [4.69, 9.17) is 9.84 Å². The van der Waals surface area contributed by atoms with Crippen LogP contribution in [-0.2, 0) is 9.53 Å². The molecule has 1 saturated heterocycles. The molecule has 3 aliphatic rings. The van der Waals surface area contributed by atoms with E-state index in [1.54, 1.807) is 0 Å². The van der Waals surface area contributed by atoms with Crippen LogP contribution in [0.15, 0.2) is 9.98 Å². The topological polar surface area (TPSA) is 127 Å². The molecule has 0 radical (unpaired) electrons. The van der Waals surface area contributed by atoms with Crippen molar-refractivity contribution in [3.63, 3.8) is 0 Å². The molecule has 0 saturated carbocycles. The van der Waals surface area contributed by atoms with Crippen molar-refractivity contribution in [2.75, 3.05) is 6.61 Å². The Bertz CT molecular complexity index is 442. The minimum absolute atomic E-state index is 0.287. The number of hydrogen-bond donors (Lipinski definition) is 4. The lowest BCUT2D eigenvalue weighted by atomic mass is 10.1. The predicted octanol–water partition coefficient (Wildman–Crippen LogP) is -3.38. The van der Waals surface area contributed by atoms with Crippen LogP contribution in [-0.4, -0.2) is 82.2 Å². The molecule has 3 rings (SSSR count). The summed E-state index contributed by atoms with van der Waals surface area (Å²) >= 11 is 0. The third-order valence-corrected chi connectivity index (χ3v) is 3.46. The van der Waals surface area contributed by atoms with Crippen LogP contribution in [0.1, 0.15) is 0 Å². The number of aliphatic hydroxyl groups is 3. The molecule has 4 N–H and O–H groups in total. The SMILES string of the molecule is O=C1NC=NC2C1N=CN2[C@H]1O[C@@H](CO)[C@@H](O)C1O. The second-order valence-electron chi connectivity index (χ2n) is 4.59. The zero-order valence-electron chi connectivity index (χ0n) is 9.83.